The molecule has 2 aliphatic rings. The van der Waals surface area contributed by atoms with Gasteiger partial charge < -0.3 is 25.0 Å². The first-order valence-electron chi connectivity index (χ1n) is 19.3. The van der Waals surface area contributed by atoms with E-state index in [1.807, 2.05) is 80.6 Å². The number of benzene rings is 4. The highest BCUT2D eigenvalue weighted by atomic mass is 32.2. The van der Waals surface area contributed by atoms with E-state index in [4.69, 9.17) is 9.47 Å². The highest BCUT2D eigenvalue weighted by Gasteiger charge is 2.53. The number of hydrogen-bond donors (Lipinski definition) is 3. The van der Waals surface area contributed by atoms with Gasteiger partial charge in [-0.05, 0) is 60.0 Å². The van der Waals surface area contributed by atoms with E-state index >= 15 is 8.42 Å². The minimum Gasteiger partial charge on any atom is -0.465 e. The number of amides is 1. The van der Waals surface area contributed by atoms with Crippen molar-refractivity contribution >= 4 is 21.8 Å². The van der Waals surface area contributed by atoms with Crippen LogP contribution < -0.4 is 5.32 Å². The molecule has 0 spiro atoms. The van der Waals surface area contributed by atoms with Crippen LogP contribution in [0.1, 0.15) is 43.4 Å². The second-order valence-corrected chi connectivity index (χ2v) is 17.7. The molecule has 0 aliphatic carbocycles. The van der Waals surface area contributed by atoms with Crippen LogP contribution in [0.2, 0.25) is 0 Å². The van der Waals surface area contributed by atoms with Gasteiger partial charge in [-0.2, -0.15) is 4.31 Å². The van der Waals surface area contributed by atoms with E-state index in [2.05, 4.69) is 34.5 Å². The Labute approximate surface area is 334 Å². The summed E-state index contributed by atoms with van der Waals surface area (Å²) in [6, 6.07) is 31.8. The van der Waals surface area contributed by atoms with Gasteiger partial charge in [0.05, 0.1) is 41.2 Å². The summed E-state index contributed by atoms with van der Waals surface area (Å²) in [5, 5.41) is 36.6. The van der Waals surface area contributed by atoms with Gasteiger partial charge in [0.2, 0.25) is 10.0 Å². The summed E-state index contributed by atoms with van der Waals surface area (Å²) in [5.41, 5.74) is 2.07. The molecule has 2 saturated heterocycles. The van der Waals surface area contributed by atoms with Gasteiger partial charge in [0.25, 0.3) is 5.69 Å². The van der Waals surface area contributed by atoms with Crippen molar-refractivity contribution in [1.82, 2.24) is 14.5 Å². The topological polar surface area (TPSA) is 172 Å². The summed E-state index contributed by atoms with van der Waals surface area (Å²) >= 11 is 0. The number of carboxylic acid groups (broad SMARTS) is 1. The monoisotopic (exact) mass is 800 g/mol. The van der Waals surface area contributed by atoms with Crippen LogP contribution in [0, 0.1) is 27.4 Å². The van der Waals surface area contributed by atoms with Crippen LogP contribution >= 0.6 is 0 Å². The molecule has 0 saturated carbocycles. The third kappa shape index (κ3) is 10.8. The van der Waals surface area contributed by atoms with Crippen molar-refractivity contribution in [2.24, 2.45) is 17.3 Å². The summed E-state index contributed by atoms with van der Waals surface area (Å²) in [5.74, 6) is -0.839. The molecule has 6 atom stereocenters. The average Bonchev–Trinajstić information content (AvgIpc) is 3.83. The Bertz CT molecular complexity index is 1980. The van der Waals surface area contributed by atoms with Crippen molar-refractivity contribution in [2.45, 2.75) is 75.6 Å². The van der Waals surface area contributed by atoms with Gasteiger partial charge in [-0.15, -0.1) is 0 Å². The lowest BCUT2D eigenvalue weighted by Crippen LogP contribution is -2.61. The Morgan fingerprint density at radius 2 is 1.46 bits per heavy atom. The number of sulfonamides is 1. The maximum absolute atomic E-state index is 15.1. The number of carbonyl (C=O) groups is 1. The van der Waals surface area contributed by atoms with Crippen LogP contribution in [0.3, 0.4) is 0 Å². The third-order valence-electron chi connectivity index (χ3n) is 11.1. The minimum atomic E-state index is -4.49. The predicted molar refractivity (Wildman–Crippen MR) is 215 cm³/mol. The molecular formula is C43H52N4O9S. The normalized spacial score (nSPS) is 19.9. The lowest BCUT2D eigenvalue weighted by Gasteiger charge is -2.44. The molecule has 4 aromatic carbocycles. The van der Waals surface area contributed by atoms with Crippen LogP contribution in [-0.4, -0.2) is 89.6 Å². The molecule has 13 nitrogen and oxygen atoms in total. The first-order valence-corrected chi connectivity index (χ1v) is 20.8. The predicted octanol–water partition coefficient (Wildman–Crippen LogP) is 6.32. The zero-order chi connectivity index (χ0) is 40.6. The highest BCUT2D eigenvalue weighted by molar-refractivity contribution is 7.89. The first kappa shape index (κ1) is 41.9. The smallest absolute Gasteiger partial charge is 0.404 e. The molecule has 4 aromatic rings. The van der Waals surface area contributed by atoms with Gasteiger partial charge in [-0.25, -0.2) is 13.2 Å². The summed E-state index contributed by atoms with van der Waals surface area (Å²) in [7, 11) is -4.49. The van der Waals surface area contributed by atoms with Crippen molar-refractivity contribution in [3.8, 4) is 0 Å². The van der Waals surface area contributed by atoms with E-state index in [1.165, 1.54) is 16.4 Å². The van der Waals surface area contributed by atoms with E-state index in [0.29, 0.717) is 39.1 Å². The third-order valence-corrected chi connectivity index (χ3v) is 12.9. The van der Waals surface area contributed by atoms with Crippen molar-refractivity contribution < 1.29 is 37.8 Å². The van der Waals surface area contributed by atoms with Gasteiger partial charge in [0, 0.05) is 43.6 Å². The maximum Gasteiger partial charge on any atom is 0.404 e. The SMILES string of the molecule is CC(C)(CCN(Cc1ccccc1)Cc1ccccc1)CN([C@H](C1CO[C@H]2OCC[C@@H]12)[C@H](O)[C@H](Cc1ccccc1)NC(=O)O)S(=O)(=O)c1ccc([N+](=O)[O-])cc1. The molecule has 57 heavy (non-hydrogen) atoms. The quantitative estimate of drug-likeness (QED) is 0.0720. The molecule has 1 amide bonds. The fourth-order valence-electron chi connectivity index (χ4n) is 8.09. The molecule has 6 rings (SSSR count). The van der Waals surface area contributed by atoms with E-state index < -0.39 is 56.9 Å². The zero-order valence-electron chi connectivity index (χ0n) is 32.3. The molecule has 3 N–H and O–H groups in total. The Balaban J connectivity index is 1.39. The van der Waals surface area contributed by atoms with Crippen LogP contribution in [0.25, 0.3) is 0 Å². The second-order valence-electron chi connectivity index (χ2n) is 15.8. The number of nitrogens with zero attached hydrogens (tertiary/aromatic N) is 3. The summed E-state index contributed by atoms with van der Waals surface area (Å²) in [6.07, 6.45) is -2.28. The number of nitro groups is 1. The first-order chi connectivity index (χ1) is 27.3. The maximum atomic E-state index is 15.1. The van der Waals surface area contributed by atoms with Crippen LogP contribution in [0.4, 0.5) is 10.5 Å². The van der Waals surface area contributed by atoms with Gasteiger partial charge in [0.1, 0.15) is 0 Å². The molecule has 1 unspecified atom stereocenters. The van der Waals surface area contributed by atoms with Crippen molar-refractivity contribution in [2.75, 3.05) is 26.3 Å². The number of hydrogen-bond acceptors (Lipinski definition) is 9. The highest BCUT2D eigenvalue weighted by Crippen LogP contribution is 2.43. The largest absolute Gasteiger partial charge is 0.465 e. The number of aliphatic hydroxyl groups is 1. The van der Waals surface area contributed by atoms with E-state index in [-0.39, 0.29) is 36.1 Å². The number of fused-ring (bicyclic) bond motifs is 1. The van der Waals surface area contributed by atoms with E-state index in [1.54, 1.807) is 0 Å². The molecule has 304 valence electrons. The Morgan fingerprint density at radius 1 is 0.895 bits per heavy atom. The van der Waals surface area contributed by atoms with Crippen molar-refractivity contribution in [3.05, 3.63) is 142 Å². The summed E-state index contributed by atoms with van der Waals surface area (Å²) in [6.45, 7) is 6.34. The average molecular weight is 801 g/mol. The molecule has 2 heterocycles. The molecule has 0 aromatic heterocycles. The number of rotatable bonds is 19. The molecule has 2 aliphatic heterocycles. The zero-order valence-corrected chi connectivity index (χ0v) is 33.1. The van der Waals surface area contributed by atoms with Crippen LogP contribution in [-0.2, 0) is 39.0 Å². The van der Waals surface area contributed by atoms with Gasteiger partial charge in [-0.3, -0.25) is 15.0 Å². The number of nitrogens with one attached hydrogen (secondary N) is 1. The fraction of sp³-hybridized carbons (Fsp3) is 0.419. The van der Waals surface area contributed by atoms with Crippen LogP contribution in [0.15, 0.2) is 120 Å². The van der Waals surface area contributed by atoms with E-state index in [0.717, 1.165) is 28.8 Å². The van der Waals surface area contributed by atoms with Crippen molar-refractivity contribution in [1.29, 1.82) is 0 Å². The van der Waals surface area contributed by atoms with E-state index in [9.17, 15) is 25.1 Å². The second kappa shape index (κ2) is 18.7. The van der Waals surface area contributed by atoms with Crippen molar-refractivity contribution in [3.63, 3.8) is 0 Å². The molecule has 0 bridgehead atoms. The molecule has 2 fully saturated rings. The number of aliphatic hydroxyl groups excluding tert-OH is 1. The lowest BCUT2D eigenvalue weighted by atomic mass is 9.80. The van der Waals surface area contributed by atoms with Crippen LogP contribution in [0.5, 0.6) is 0 Å². The van der Waals surface area contributed by atoms with Gasteiger partial charge in [0.15, 0.2) is 6.29 Å². The minimum absolute atomic E-state index is 0.0571. The standard InChI is InChI=1S/C43H52N4O9S/c1-43(2,23-24-45(27-32-14-8-4-9-15-32)28-33-16-10-5-11-17-33)30-46(57(53,54)35-20-18-34(19-21-35)47(51)52)39(37-29-56-41-36(37)22-25-55-41)40(48)38(44-42(49)50)26-31-12-6-3-7-13-31/h3-21,36-41,44,48H,22-30H2,1-2H3,(H,49,50)/t36-,37?,38-,39+,40+,41+/m0/s1. The summed E-state index contributed by atoms with van der Waals surface area (Å²) in [4.78, 5) is 25.4. The summed E-state index contributed by atoms with van der Waals surface area (Å²) < 4.78 is 43.5. The number of nitro benzene ring substituents is 1. The molecule has 14 heteroatoms. The molecular weight excluding hydrogens is 749 g/mol. The Hall–Kier alpha value is -4.70. The van der Waals surface area contributed by atoms with Gasteiger partial charge in [-0.1, -0.05) is 105 Å². The molecule has 0 radical (unpaired) electrons. The lowest BCUT2D eigenvalue weighted by molar-refractivity contribution is -0.384. The number of non-ortho nitro benzene ring substituents is 1. The number of ether oxygens (including phenoxy) is 2. The Morgan fingerprint density at radius 3 is 2.00 bits per heavy atom. The van der Waals surface area contributed by atoms with Gasteiger partial charge >= 0.3 is 6.09 Å². The Kier molecular flexibility index (Phi) is 13.8. The fourth-order valence-corrected chi connectivity index (χ4v) is 9.96.